The highest BCUT2D eigenvalue weighted by atomic mass is 16.5. The maximum atomic E-state index is 10.9. The van der Waals surface area contributed by atoms with E-state index in [0.29, 0.717) is 6.42 Å². The van der Waals surface area contributed by atoms with E-state index in [1.54, 1.807) is 0 Å². The van der Waals surface area contributed by atoms with Gasteiger partial charge in [0, 0.05) is 6.42 Å². The fourth-order valence-electron chi connectivity index (χ4n) is 2.23. The van der Waals surface area contributed by atoms with Crippen molar-refractivity contribution in [2.24, 2.45) is 0 Å². The molecule has 0 aromatic carbocycles. The largest absolute Gasteiger partial charge is 0.469 e. The normalized spacial score (nSPS) is 13.0. The lowest BCUT2D eigenvalue weighted by Crippen LogP contribution is -2.03. The second-order valence-electron chi connectivity index (χ2n) is 5.70. The molecule has 0 saturated heterocycles. The number of esters is 1. The van der Waals surface area contributed by atoms with Crippen molar-refractivity contribution >= 4 is 5.97 Å². The number of methoxy groups -OCH3 is 1. The summed E-state index contributed by atoms with van der Waals surface area (Å²) in [6, 6.07) is 0. The number of aliphatic hydroxyl groups excluding tert-OH is 1. The summed E-state index contributed by atoms with van der Waals surface area (Å²) in [5.74, 6) is -0.105. The van der Waals surface area contributed by atoms with Crippen LogP contribution in [0.15, 0.2) is 24.3 Å². The molecule has 0 aromatic heterocycles. The van der Waals surface area contributed by atoms with Gasteiger partial charge in [-0.15, -0.1) is 0 Å². The Morgan fingerprint density at radius 1 is 1.00 bits per heavy atom. The van der Waals surface area contributed by atoms with Crippen molar-refractivity contribution in [2.45, 2.75) is 83.7 Å². The van der Waals surface area contributed by atoms with Gasteiger partial charge in [0.05, 0.1) is 13.2 Å². The van der Waals surface area contributed by atoms with Gasteiger partial charge in [-0.3, -0.25) is 4.79 Å². The number of aliphatic hydroxyl groups is 1. The summed E-state index contributed by atoms with van der Waals surface area (Å²) < 4.78 is 4.61. The van der Waals surface area contributed by atoms with E-state index in [1.807, 2.05) is 0 Å². The summed E-state index contributed by atoms with van der Waals surface area (Å²) in [5.41, 5.74) is 0. The molecule has 3 nitrogen and oxygen atoms in total. The molecule has 0 aliphatic rings. The summed E-state index contributed by atoms with van der Waals surface area (Å²) in [4.78, 5) is 10.9. The van der Waals surface area contributed by atoms with E-state index < -0.39 is 0 Å². The van der Waals surface area contributed by atoms with Gasteiger partial charge in [-0.25, -0.2) is 0 Å². The van der Waals surface area contributed by atoms with Gasteiger partial charge in [0.1, 0.15) is 0 Å². The molecule has 0 unspecified atom stereocenters. The number of rotatable bonds is 14. The third-order valence-electron chi connectivity index (χ3n) is 3.62. The molecule has 0 aliphatic heterocycles. The quantitative estimate of drug-likeness (QED) is 0.281. The van der Waals surface area contributed by atoms with Gasteiger partial charge in [0.25, 0.3) is 0 Å². The van der Waals surface area contributed by atoms with E-state index in [2.05, 4.69) is 36.0 Å². The van der Waals surface area contributed by atoms with Gasteiger partial charge in [-0.2, -0.15) is 0 Å². The number of allylic oxidation sites excluding steroid dienone is 3. The number of carbonyl (C=O) groups is 1. The van der Waals surface area contributed by atoms with E-state index in [1.165, 1.54) is 26.4 Å². The van der Waals surface area contributed by atoms with E-state index in [-0.39, 0.29) is 12.1 Å². The molecule has 0 rings (SSSR count). The van der Waals surface area contributed by atoms with E-state index in [4.69, 9.17) is 0 Å². The zero-order chi connectivity index (χ0) is 16.5. The molecule has 0 heterocycles. The molecular formula is C19H34O3. The van der Waals surface area contributed by atoms with Crippen molar-refractivity contribution in [3.8, 4) is 0 Å². The summed E-state index contributed by atoms with van der Waals surface area (Å²) in [5, 5.41) is 9.79. The Hall–Kier alpha value is -1.09. The van der Waals surface area contributed by atoms with Crippen LogP contribution in [0.25, 0.3) is 0 Å². The van der Waals surface area contributed by atoms with Crippen molar-refractivity contribution in [3.05, 3.63) is 24.3 Å². The summed E-state index contributed by atoms with van der Waals surface area (Å²) in [7, 11) is 1.44. The third kappa shape index (κ3) is 15.3. The Bertz CT molecular complexity index is 308. The molecule has 0 fully saturated rings. The van der Waals surface area contributed by atoms with E-state index >= 15 is 0 Å². The highest BCUT2D eigenvalue weighted by Gasteiger charge is 2.00. The molecule has 0 aromatic rings. The SMILES string of the molecule is CC/C=C\CC[C@H](O)C/C=C\CCCCCCCC(=O)OC. The first-order valence-electron chi connectivity index (χ1n) is 8.75. The highest BCUT2D eigenvalue weighted by molar-refractivity contribution is 5.68. The number of ether oxygens (including phenoxy) is 1. The molecule has 0 amide bonds. The van der Waals surface area contributed by atoms with Crippen molar-refractivity contribution < 1.29 is 14.6 Å². The average Bonchev–Trinajstić information content (AvgIpc) is 2.53. The predicted octanol–water partition coefficient (Wildman–Crippen LogP) is 4.94. The maximum absolute atomic E-state index is 10.9. The third-order valence-corrected chi connectivity index (χ3v) is 3.62. The molecule has 0 saturated carbocycles. The summed E-state index contributed by atoms with van der Waals surface area (Å²) in [6.07, 6.45) is 19.2. The van der Waals surface area contributed by atoms with Crippen LogP contribution in [-0.4, -0.2) is 24.3 Å². The minimum absolute atomic E-state index is 0.105. The van der Waals surface area contributed by atoms with Gasteiger partial charge in [0.15, 0.2) is 0 Å². The zero-order valence-electron chi connectivity index (χ0n) is 14.4. The first kappa shape index (κ1) is 20.9. The Morgan fingerprint density at radius 3 is 2.41 bits per heavy atom. The summed E-state index contributed by atoms with van der Waals surface area (Å²) >= 11 is 0. The van der Waals surface area contributed by atoms with Gasteiger partial charge in [0.2, 0.25) is 0 Å². The molecular weight excluding hydrogens is 276 g/mol. The van der Waals surface area contributed by atoms with Crippen LogP contribution in [0.5, 0.6) is 0 Å². The second kappa shape index (κ2) is 16.3. The lowest BCUT2D eigenvalue weighted by molar-refractivity contribution is -0.140. The predicted molar refractivity (Wildman–Crippen MR) is 92.8 cm³/mol. The smallest absolute Gasteiger partial charge is 0.305 e. The fraction of sp³-hybridized carbons (Fsp3) is 0.737. The Balaban J connectivity index is 3.33. The number of hydrogen-bond donors (Lipinski definition) is 1. The minimum atomic E-state index is -0.212. The minimum Gasteiger partial charge on any atom is -0.469 e. The molecule has 22 heavy (non-hydrogen) atoms. The number of unbranched alkanes of at least 4 members (excludes halogenated alkanes) is 5. The molecule has 0 aliphatic carbocycles. The molecule has 3 heteroatoms. The topological polar surface area (TPSA) is 46.5 Å². The standard InChI is InChI=1S/C19H34O3/c1-3-4-5-12-15-18(20)16-13-10-8-6-7-9-11-14-17-19(21)22-2/h4-5,10,13,18,20H,3,6-9,11-12,14-17H2,1-2H3/b5-4-,13-10-/t18-/m0/s1. The lowest BCUT2D eigenvalue weighted by atomic mass is 10.1. The number of hydrogen-bond acceptors (Lipinski definition) is 3. The van der Waals surface area contributed by atoms with Crippen molar-refractivity contribution in [2.75, 3.05) is 7.11 Å². The Kier molecular flexibility index (Phi) is 15.5. The summed E-state index contributed by atoms with van der Waals surface area (Å²) in [6.45, 7) is 2.12. The van der Waals surface area contributed by atoms with Crippen LogP contribution in [0.4, 0.5) is 0 Å². The Morgan fingerprint density at radius 2 is 1.68 bits per heavy atom. The first-order valence-corrected chi connectivity index (χ1v) is 8.75. The van der Waals surface area contributed by atoms with Crippen LogP contribution in [0.2, 0.25) is 0 Å². The monoisotopic (exact) mass is 310 g/mol. The van der Waals surface area contributed by atoms with Crippen LogP contribution in [-0.2, 0) is 9.53 Å². The Labute approximate surface area is 136 Å². The van der Waals surface area contributed by atoms with Crippen molar-refractivity contribution in [1.82, 2.24) is 0 Å². The molecule has 128 valence electrons. The van der Waals surface area contributed by atoms with Crippen LogP contribution >= 0.6 is 0 Å². The highest BCUT2D eigenvalue weighted by Crippen LogP contribution is 2.09. The van der Waals surface area contributed by atoms with Crippen LogP contribution in [0.3, 0.4) is 0 Å². The molecule has 0 bridgehead atoms. The van der Waals surface area contributed by atoms with Gasteiger partial charge in [-0.05, 0) is 44.9 Å². The fourth-order valence-corrected chi connectivity index (χ4v) is 2.23. The maximum Gasteiger partial charge on any atom is 0.305 e. The average molecular weight is 310 g/mol. The van der Waals surface area contributed by atoms with Crippen LogP contribution in [0.1, 0.15) is 77.6 Å². The second-order valence-corrected chi connectivity index (χ2v) is 5.70. The van der Waals surface area contributed by atoms with Crippen molar-refractivity contribution in [1.29, 1.82) is 0 Å². The van der Waals surface area contributed by atoms with E-state index in [0.717, 1.165) is 44.9 Å². The lowest BCUT2D eigenvalue weighted by Gasteiger charge is -2.05. The van der Waals surface area contributed by atoms with Crippen LogP contribution in [0, 0.1) is 0 Å². The van der Waals surface area contributed by atoms with Gasteiger partial charge < -0.3 is 9.84 Å². The zero-order valence-corrected chi connectivity index (χ0v) is 14.4. The van der Waals surface area contributed by atoms with Gasteiger partial charge in [-0.1, -0.05) is 50.5 Å². The van der Waals surface area contributed by atoms with E-state index in [9.17, 15) is 9.90 Å². The van der Waals surface area contributed by atoms with Crippen molar-refractivity contribution in [3.63, 3.8) is 0 Å². The molecule has 1 atom stereocenters. The molecule has 0 spiro atoms. The molecule has 1 N–H and O–H groups in total. The first-order chi connectivity index (χ1) is 10.7. The van der Waals surface area contributed by atoms with Gasteiger partial charge >= 0.3 is 5.97 Å². The molecule has 0 radical (unpaired) electrons. The van der Waals surface area contributed by atoms with Crippen LogP contribution < -0.4 is 0 Å². The number of carbonyl (C=O) groups excluding carboxylic acids is 1.